The van der Waals surface area contributed by atoms with Crippen molar-refractivity contribution in [1.82, 2.24) is 10.2 Å². The lowest BCUT2D eigenvalue weighted by atomic mass is 10.1. The molecule has 3 heteroatoms. The Hall–Kier alpha value is -0.120. The molecule has 1 N–H and O–H groups in total. The summed E-state index contributed by atoms with van der Waals surface area (Å²) in [6, 6.07) is 0. The summed E-state index contributed by atoms with van der Waals surface area (Å²) in [5, 5.41) is 3.53. The third-order valence-corrected chi connectivity index (χ3v) is 3.54. The first-order chi connectivity index (χ1) is 8.33. The van der Waals surface area contributed by atoms with E-state index in [9.17, 15) is 0 Å². The van der Waals surface area contributed by atoms with Gasteiger partial charge in [0.1, 0.15) is 0 Å². The lowest BCUT2D eigenvalue weighted by Crippen LogP contribution is -2.32. The van der Waals surface area contributed by atoms with Crippen LogP contribution in [0.2, 0.25) is 0 Å². The van der Waals surface area contributed by atoms with Crippen LogP contribution in [0, 0.1) is 5.92 Å². The summed E-state index contributed by atoms with van der Waals surface area (Å²) in [5.41, 5.74) is 0. The average molecular weight is 242 g/mol. The lowest BCUT2D eigenvalue weighted by Gasteiger charge is -2.26. The van der Waals surface area contributed by atoms with Crippen LogP contribution in [0.15, 0.2) is 0 Å². The van der Waals surface area contributed by atoms with E-state index in [1.54, 1.807) is 7.11 Å². The van der Waals surface area contributed by atoms with Crippen LogP contribution in [0.3, 0.4) is 0 Å². The fraction of sp³-hybridized carbons (Fsp3) is 1.00. The maximum atomic E-state index is 5.13. The van der Waals surface area contributed by atoms with Gasteiger partial charge in [0.2, 0.25) is 0 Å². The molecule has 1 unspecified atom stereocenters. The van der Waals surface area contributed by atoms with E-state index in [0.717, 1.165) is 19.7 Å². The SMILES string of the molecule is COCC(C)CCNCCCN1CCCCC1. The molecular formula is C14H30N2O. The van der Waals surface area contributed by atoms with Gasteiger partial charge in [-0.2, -0.15) is 0 Å². The average Bonchev–Trinajstić information content (AvgIpc) is 2.35. The Morgan fingerprint density at radius 3 is 2.65 bits per heavy atom. The van der Waals surface area contributed by atoms with Gasteiger partial charge in [-0.25, -0.2) is 0 Å². The molecule has 0 spiro atoms. The minimum atomic E-state index is 0.676. The first-order valence-corrected chi connectivity index (χ1v) is 7.25. The van der Waals surface area contributed by atoms with Crippen molar-refractivity contribution in [3.8, 4) is 0 Å². The van der Waals surface area contributed by atoms with Gasteiger partial charge in [-0.3, -0.25) is 0 Å². The van der Waals surface area contributed by atoms with Gasteiger partial charge in [-0.1, -0.05) is 13.3 Å². The Labute approximate surface area is 107 Å². The third-order valence-electron chi connectivity index (χ3n) is 3.54. The monoisotopic (exact) mass is 242 g/mol. The summed E-state index contributed by atoms with van der Waals surface area (Å²) in [6.07, 6.45) is 6.76. The summed E-state index contributed by atoms with van der Waals surface area (Å²) < 4.78 is 5.13. The number of likely N-dealkylation sites (tertiary alicyclic amines) is 1. The molecule has 0 aromatic heterocycles. The summed E-state index contributed by atoms with van der Waals surface area (Å²) in [5.74, 6) is 0.676. The molecular weight excluding hydrogens is 212 g/mol. The van der Waals surface area contributed by atoms with Crippen LogP contribution in [0.25, 0.3) is 0 Å². The summed E-state index contributed by atoms with van der Waals surface area (Å²) in [6.45, 7) is 9.35. The highest BCUT2D eigenvalue weighted by Crippen LogP contribution is 2.08. The fourth-order valence-corrected chi connectivity index (χ4v) is 2.45. The number of hydrogen-bond donors (Lipinski definition) is 1. The summed E-state index contributed by atoms with van der Waals surface area (Å²) in [4.78, 5) is 2.61. The second kappa shape index (κ2) is 9.86. The smallest absolute Gasteiger partial charge is 0.0488 e. The van der Waals surface area contributed by atoms with Crippen LogP contribution in [0.4, 0.5) is 0 Å². The largest absolute Gasteiger partial charge is 0.384 e. The van der Waals surface area contributed by atoms with E-state index >= 15 is 0 Å². The molecule has 0 aromatic carbocycles. The zero-order chi connectivity index (χ0) is 12.3. The first kappa shape index (κ1) is 14.9. The summed E-state index contributed by atoms with van der Waals surface area (Å²) in [7, 11) is 1.78. The molecule has 1 fully saturated rings. The Balaban J connectivity index is 1.83. The highest BCUT2D eigenvalue weighted by Gasteiger charge is 2.08. The van der Waals surface area contributed by atoms with Gasteiger partial charge in [0, 0.05) is 13.7 Å². The molecule has 0 bridgehead atoms. The molecule has 1 heterocycles. The Morgan fingerprint density at radius 2 is 1.94 bits per heavy atom. The number of nitrogens with one attached hydrogen (secondary N) is 1. The predicted octanol–water partition coefficient (Wildman–Crippen LogP) is 2.12. The van der Waals surface area contributed by atoms with Crippen molar-refractivity contribution < 1.29 is 4.74 Å². The van der Waals surface area contributed by atoms with Crippen molar-refractivity contribution in [3.05, 3.63) is 0 Å². The predicted molar refractivity (Wildman–Crippen MR) is 73.4 cm³/mol. The molecule has 17 heavy (non-hydrogen) atoms. The van der Waals surface area contributed by atoms with Crippen LogP contribution >= 0.6 is 0 Å². The van der Waals surface area contributed by atoms with Gasteiger partial charge in [0.25, 0.3) is 0 Å². The van der Waals surface area contributed by atoms with E-state index < -0.39 is 0 Å². The maximum absolute atomic E-state index is 5.13. The van der Waals surface area contributed by atoms with E-state index in [1.165, 1.54) is 51.7 Å². The Kier molecular flexibility index (Phi) is 8.67. The molecule has 1 aliphatic rings. The molecule has 0 saturated carbocycles. The highest BCUT2D eigenvalue weighted by molar-refractivity contribution is 4.65. The zero-order valence-corrected chi connectivity index (χ0v) is 11.7. The molecule has 0 aliphatic carbocycles. The van der Waals surface area contributed by atoms with Crippen LogP contribution < -0.4 is 5.32 Å². The quantitative estimate of drug-likeness (QED) is 0.627. The normalized spacial score (nSPS) is 19.4. The molecule has 0 aromatic rings. The number of hydrogen-bond acceptors (Lipinski definition) is 3. The minimum absolute atomic E-state index is 0.676. The molecule has 0 radical (unpaired) electrons. The number of ether oxygens (including phenoxy) is 1. The highest BCUT2D eigenvalue weighted by atomic mass is 16.5. The van der Waals surface area contributed by atoms with Crippen molar-refractivity contribution in [1.29, 1.82) is 0 Å². The third kappa shape index (κ3) is 7.74. The molecule has 3 nitrogen and oxygen atoms in total. The number of nitrogens with zero attached hydrogens (tertiary/aromatic N) is 1. The van der Waals surface area contributed by atoms with Gasteiger partial charge < -0.3 is 15.0 Å². The van der Waals surface area contributed by atoms with E-state index in [-0.39, 0.29) is 0 Å². The standard InChI is InChI=1S/C14H30N2O/c1-14(13-17-2)7-9-15-8-6-12-16-10-4-3-5-11-16/h14-15H,3-13H2,1-2H3. The molecule has 1 rings (SSSR count). The number of piperidine rings is 1. The minimum Gasteiger partial charge on any atom is -0.384 e. The first-order valence-electron chi connectivity index (χ1n) is 7.25. The van der Waals surface area contributed by atoms with Gasteiger partial charge in [-0.15, -0.1) is 0 Å². The number of rotatable bonds is 9. The molecule has 1 atom stereocenters. The van der Waals surface area contributed by atoms with Crippen molar-refractivity contribution in [3.63, 3.8) is 0 Å². The second-order valence-corrected chi connectivity index (χ2v) is 5.36. The van der Waals surface area contributed by atoms with Crippen LogP contribution in [-0.2, 0) is 4.74 Å². The van der Waals surface area contributed by atoms with E-state index in [2.05, 4.69) is 17.1 Å². The topological polar surface area (TPSA) is 24.5 Å². The van der Waals surface area contributed by atoms with Crippen molar-refractivity contribution in [2.24, 2.45) is 5.92 Å². The molecule has 1 aliphatic heterocycles. The number of methoxy groups -OCH3 is 1. The van der Waals surface area contributed by atoms with Gasteiger partial charge in [0.05, 0.1) is 0 Å². The molecule has 102 valence electrons. The van der Waals surface area contributed by atoms with E-state index in [4.69, 9.17) is 4.74 Å². The Bertz CT molecular complexity index is 170. The second-order valence-electron chi connectivity index (χ2n) is 5.36. The van der Waals surface area contributed by atoms with E-state index in [0.29, 0.717) is 5.92 Å². The van der Waals surface area contributed by atoms with Crippen LogP contribution in [0.1, 0.15) is 39.0 Å². The van der Waals surface area contributed by atoms with Crippen LogP contribution in [0.5, 0.6) is 0 Å². The van der Waals surface area contributed by atoms with Crippen molar-refractivity contribution in [2.75, 3.05) is 46.4 Å². The lowest BCUT2D eigenvalue weighted by molar-refractivity contribution is 0.155. The van der Waals surface area contributed by atoms with Gasteiger partial charge >= 0.3 is 0 Å². The Morgan fingerprint density at radius 1 is 1.18 bits per heavy atom. The van der Waals surface area contributed by atoms with E-state index in [1.807, 2.05) is 0 Å². The zero-order valence-electron chi connectivity index (χ0n) is 11.7. The van der Waals surface area contributed by atoms with Crippen molar-refractivity contribution >= 4 is 0 Å². The molecule has 1 saturated heterocycles. The van der Waals surface area contributed by atoms with Crippen molar-refractivity contribution in [2.45, 2.75) is 39.0 Å². The van der Waals surface area contributed by atoms with Gasteiger partial charge in [0.15, 0.2) is 0 Å². The molecule has 0 amide bonds. The maximum Gasteiger partial charge on any atom is 0.0488 e. The fourth-order valence-electron chi connectivity index (χ4n) is 2.45. The van der Waals surface area contributed by atoms with Gasteiger partial charge in [-0.05, 0) is 64.3 Å². The summed E-state index contributed by atoms with van der Waals surface area (Å²) >= 11 is 0. The van der Waals surface area contributed by atoms with Crippen LogP contribution in [-0.4, -0.2) is 51.3 Å².